The summed E-state index contributed by atoms with van der Waals surface area (Å²) in [6.45, 7) is 0. The molecule has 0 aromatic heterocycles. The Balaban J connectivity index is 3.29. The predicted molar refractivity (Wildman–Crippen MR) is 66.5 cm³/mol. The molecule has 0 fully saturated rings. The van der Waals surface area contributed by atoms with Gasteiger partial charge in [0.15, 0.2) is 11.5 Å². The number of benzene rings is 1. The fourth-order valence-corrected chi connectivity index (χ4v) is 2.06. The van der Waals surface area contributed by atoms with Gasteiger partial charge in [0.2, 0.25) is 0 Å². The zero-order chi connectivity index (χ0) is 13.9. The number of carbonyl (C=O) groups is 1. The quantitative estimate of drug-likeness (QED) is 0.860. The zero-order valence-electron chi connectivity index (χ0n) is 9.87. The standard InChI is InChI=1S/C11H13BrFNO4/c1-17-9-5(3-8(14)11(15)16)7(13)4-6(12)10(9)18-2/h4,8H,3,14H2,1-2H3,(H,15,16). The van der Waals surface area contributed by atoms with E-state index in [9.17, 15) is 9.18 Å². The van der Waals surface area contributed by atoms with E-state index >= 15 is 0 Å². The summed E-state index contributed by atoms with van der Waals surface area (Å²) in [5, 5.41) is 8.75. The van der Waals surface area contributed by atoms with Gasteiger partial charge in [-0.05, 0) is 22.0 Å². The number of carboxylic acids is 1. The molecule has 1 atom stereocenters. The van der Waals surface area contributed by atoms with Crippen molar-refractivity contribution >= 4 is 21.9 Å². The van der Waals surface area contributed by atoms with Gasteiger partial charge in [0.05, 0.1) is 18.7 Å². The van der Waals surface area contributed by atoms with Crippen LogP contribution in [-0.4, -0.2) is 31.3 Å². The van der Waals surface area contributed by atoms with Crippen molar-refractivity contribution in [3.8, 4) is 11.5 Å². The maximum absolute atomic E-state index is 13.8. The molecular weight excluding hydrogens is 309 g/mol. The van der Waals surface area contributed by atoms with Gasteiger partial charge in [0, 0.05) is 12.0 Å². The number of carboxylic acid groups (broad SMARTS) is 1. The lowest BCUT2D eigenvalue weighted by molar-refractivity contribution is -0.138. The number of nitrogens with two attached hydrogens (primary N) is 1. The summed E-state index contributed by atoms with van der Waals surface area (Å²) >= 11 is 3.14. The Bertz CT molecular complexity index is 467. The second-order valence-corrected chi connectivity index (χ2v) is 4.39. The van der Waals surface area contributed by atoms with Gasteiger partial charge in [0.25, 0.3) is 0 Å². The zero-order valence-corrected chi connectivity index (χ0v) is 11.5. The van der Waals surface area contributed by atoms with E-state index in [-0.39, 0.29) is 17.7 Å². The van der Waals surface area contributed by atoms with E-state index in [2.05, 4.69) is 15.9 Å². The summed E-state index contributed by atoms with van der Waals surface area (Å²) in [5.74, 6) is -1.37. The van der Waals surface area contributed by atoms with Gasteiger partial charge in [0.1, 0.15) is 11.9 Å². The molecule has 3 N–H and O–H groups in total. The van der Waals surface area contributed by atoms with Gasteiger partial charge >= 0.3 is 5.97 Å². The number of hydrogen-bond donors (Lipinski definition) is 2. The van der Waals surface area contributed by atoms with E-state index in [1.165, 1.54) is 20.3 Å². The third-order valence-electron chi connectivity index (χ3n) is 2.39. The SMILES string of the molecule is COc1c(Br)cc(F)c(CC(N)C(=O)O)c1OC. The third kappa shape index (κ3) is 2.91. The van der Waals surface area contributed by atoms with E-state index < -0.39 is 17.8 Å². The van der Waals surface area contributed by atoms with Gasteiger partial charge < -0.3 is 20.3 Å². The molecule has 1 rings (SSSR count). The first-order valence-electron chi connectivity index (χ1n) is 4.99. The van der Waals surface area contributed by atoms with Crippen LogP contribution in [0.5, 0.6) is 11.5 Å². The highest BCUT2D eigenvalue weighted by atomic mass is 79.9. The van der Waals surface area contributed by atoms with Crippen LogP contribution in [0.25, 0.3) is 0 Å². The molecule has 0 bridgehead atoms. The average molecular weight is 322 g/mol. The predicted octanol–water partition coefficient (Wildman–Crippen LogP) is 1.56. The van der Waals surface area contributed by atoms with E-state index in [1.807, 2.05) is 0 Å². The molecule has 0 spiro atoms. The largest absolute Gasteiger partial charge is 0.492 e. The molecule has 1 aromatic rings. The first-order chi connectivity index (χ1) is 8.42. The van der Waals surface area contributed by atoms with Crippen LogP contribution in [0.2, 0.25) is 0 Å². The molecule has 5 nitrogen and oxygen atoms in total. The number of ether oxygens (including phenoxy) is 2. The van der Waals surface area contributed by atoms with Crippen molar-refractivity contribution in [3.63, 3.8) is 0 Å². The fraction of sp³-hybridized carbons (Fsp3) is 0.364. The molecule has 0 amide bonds. The van der Waals surface area contributed by atoms with E-state index in [4.69, 9.17) is 20.3 Å². The highest BCUT2D eigenvalue weighted by Gasteiger charge is 2.23. The van der Waals surface area contributed by atoms with Crippen LogP contribution in [0.4, 0.5) is 4.39 Å². The number of hydrogen-bond acceptors (Lipinski definition) is 4. The first-order valence-corrected chi connectivity index (χ1v) is 5.78. The van der Waals surface area contributed by atoms with Crippen molar-refractivity contribution in [2.45, 2.75) is 12.5 Å². The summed E-state index contributed by atoms with van der Waals surface area (Å²) in [5.41, 5.74) is 5.47. The lowest BCUT2D eigenvalue weighted by atomic mass is 10.0. The Morgan fingerprint density at radius 1 is 1.50 bits per heavy atom. The summed E-state index contributed by atoms with van der Waals surface area (Å²) in [4.78, 5) is 10.7. The Morgan fingerprint density at radius 3 is 2.50 bits per heavy atom. The van der Waals surface area contributed by atoms with E-state index in [0.717, 1.165) is 0 Å². The van der Waals surface area contributed by atoms with Gasteiger partial charge in [-0.3, -0.25) is 4.79 Å². The molecule has 0 saturated heterocycles. The molecule has 0 aliphatic carbocycles. The second-order valence-electron chi connectivity index (χ2n) is 3.53. The summed E-state index contributed by atoms with van der Waals surface area (Å²) in [7, 11) is 2.75. The highest BCUT2D eigenvalue weighted by molar-refractivity contribution is 9.10. The van der Waals surface area contributed by atoms with E-state index in [0.29, 0.717) is 10.2 Å². The van der Waals surface area contributed by atoms with Gasteiger partial charge in [-0.15, -0.1) is 0 Å². The van der Waals surface area contributed by atoms with Crippen LogP contribution in [0.3, 0.4) is 0 Å². The van der Waals surface area contributed by atoms with E-state index in [1.54, 1.807) is 0 Å². The van der Waals surface area contributed by atoms with Gasteiger partial charge in [-0.2, -0.15) is 0 Å². The van der Waals surface area contributed by atoms with Crippen molar-refractivity contribution in [2.75, 3.05) is 14.2 Å². The minimum absolute atomic E-state index is 0.0763. The lowest BCUT2D eigenvalue weighted by Gasteiger charge is -2.16. The van der Waals surface area contributed by atoms with Crippen LogP contribution in [0.1, 0.15) is 5.56 Å². The average Bonchev–Trinajstić information content (AvgIpc) is 2.31. The summed E-state index contributed by atoms with van der Waals surface area (Å²) in [6, 6.07) is -0.0232. The molecule has 18 heavy (non-hydrogen) atoms. The smallest absolute Gasteiger partial charge is 0.320 e. The van der Waals surface area contributed by atoms with Crippen LogP contribution < -0.4 is 15.2 Å². The maximum atomic E-state index is 13.8. The van der Waals surface area contributed by atoms with Crippen LogP contribution in [0.15, 0.2) is 10.5 Å². The lowest BCUT2D eigenvalue weighted by Crippen LogP contribution is -2.32. The minimum atomic E-state index is -1.21. The summed E-state index contributed by atoms with van der Waals surface area (Å²) < 4.78 is 24.3. The van der Waals surface area contributed by atoms with Gasteiger partial charge in [-0.1, -0.05) is 0 Å². The van der Waals surface area contributed by atoms with Crippen LogP contribution in [-0.2, 0) is 11.2 Å². The Kier molecular flexibility index (Phi) is 4.92. The highest BCUT2D eigenvalue weighted by Crippen LogP contribution is 2.40. The van der Waals surface area contributed by atoms with Crippen molar-refractivity contribution < 1.29 is 23.8 Å². The molecule has 0 aliphatic heterocycles. The first kappa shape index (κ1) is 14.7. The number of rotatable bonds is 5. The maximum Gasteiger partial charge on any atom is 0.320 e. The molecule has 0 radical (unpaired) electrons. The fourth-order valence-electron chi connectivity index (χ4n) is 1.52. The third-order valence-corrected chi connectivity index (χ3v) is 2.98. The molecular formula is C11H13BrFNO4. The topological polar surface area (TPSA) is 81.8 Å². The van der Waals surface area contributed by atoms with Gasteiger partial charge in [-0.25, -0.2) is 4.39 Å². The normalized spacial score (nSPS) is 12.1. The Labute approximate surface area is 112 Å². The molecule has 1 unspecified atom stereocenters. The molecule has 0 heterocycles. The molecule has 0 aliphatic rings. The van der Waals surface area contributed by atoms with Crippen molar-refractivity contribution in [2.24, 2.45) is 5.73 Å². The summed E-state index contributed by atoms with van der Waals surface area (Å²) in [6.07, 6.45) is -0.187. The van der Waals surface area contributed by atoms with Crippen molar-refractivity contribution in [3.05, 3.63) is 21.9 Å². The minimum Gasteiger partial charge on any atom is -0.492 e. The number of methoxy groups -OCH3 is 2. The molecule has 0 saturated carbocycles. The van der Waals surface area contributed by atoms with Crippen LogP contribution in [0, 0.1) is 5.82 Å². The Morgan fingerprint density at radius 2 is 2.06 bits per heavy atom. The Hall–Kier alpha value is -1.34. The van der Waals surface area contributed by atoms with Crippen molar-refractivity contribution in [1.29, 1.82) is 0 Å². The van der Waals surface area contributed by atoms with Crippen molar-refractivity contribution in [1.82, 2.24) is 0 Å². The second kappa shape index (κ2) is 6.01. The monoisotopic (exact) mass is 321 g/mol. The van der Waals surface area contributed by atoms with Crippen LogP contribution >= 0.6 is 15.9 Å². The number of halogens is 2. The molecule has 1 aromatic carbocycles. The molecule has 7 heteroatoms. The number of aliphatic carboxylic acids is 1. The molecule has 100 valence electrons.